The van der Waals surface area contributed by atoms with Crippen molar-refractivity contribution in [2.45, 2.75) is 392 Å². The van der Waals surface area contributed by atoms with Gasteiger partial charge in [0.05, 0.1) is 25.4 Å². The van der Waals surface area contributed by atoms with Crippen LogP contribution in [0.15, 0.2) is 12.2 Å². The summed E-state index contributed by atoms with van der Waals surface area (Å²) in [7, 11) is 0. The van der Waals surface area contributed by atoms with E-state index in [1.165, 1.54) is 308 Å². The second kappa shape index (κ2) is 63.1. The first-order valence-electron chi connectivity index (χ1n) is 33.4. The molecule has 3 N–H and O–H groups in total. The summed E-state index contributed by atoms with van der Waals surface area (Å²) in [6, 6.07) is -0.535. The van der Waals surface area contributed by atoms with Crippen LogP contribution < -0.4 is 5.32 Å². The number of unbranched alkanes of at least 4 members (excludes halogenated alkanes) is 50. The van der Waals surface area contributed by atoms with Crippen LogP contribution in [0.3, 0.4) is 0 Å². The van der Waals surface area contributed by atoms with E-state index in [-0.39, 0.29) is 18.5 Å². The van der Waals surface area contributed by atoms with Gasteiger partial charge in [0.15, 0.2) is 0 Å². The van der Waals surface area contributed by atoms with Crippen molar-refractivity contribution in [1.29, 1.82) is 0 Å². The van der Waals surface area contributed by atoms with Crippen molar-refractivity contribution in [1.82, 2.24) is 5.32 Å². The van der Waals surface area contributed by atoms with Gasteiger partial charge in [-0.15, -0.1) is 0 Å². The number of ether oxygens (including phenoxy) is 1. The maximum Gasteiger partial charge on any atom is 0.305 e. The van der Waals surface area contributed by atoms with E-state index in [9.17, 15) is 19.8 Å². The lowest BCUT2D eigenvalue weighted by Gasteiger charge is -2.22. The average molecular weight is 1030 g/mol. The number of esters is 1. The first kappa shape index (κ1) is 71.6. The number of aliphatic hydroxyl groups excluding tert-OH is 2. The normalized spacial score (nSPS) is 12.5. The molecule has 0 saturated heterocycles. The van der Waals surface area contributed by atoms with Gasteiger partial charge in [0.2, 0.25) is 5.91 Å². The number of hydrogen-bond donors (Lipinski definition) is 3. The fourth-order valence-electron chi connectivity index (χ4n) is 10.7. The lowest BCUT2D eigenvalue weighted by Crippen LogP contribution is -2.45. The predicted molar refractivity (Wildman–Crippen MR) is 320 cm³/mol. The van der Waals surface area contributed by atoms with Gasteiger partial charge in [-0.1, -0.05) is 328 Å². The van der Waals surface area contributed by atoms with Gasteiger partial charge in [-0.2, -0.15) is 0 Å². The van der Waals surface area contributed by atoms with E-state index in [0.717, 1.165) is 38.5 Å². The Morgan fingerprint density at radius 1 is 0.370 bits per heavy atom. The van der Waals surface area contributed by atoms with Crippen molar-refractivity contribution >= 4 is 11.9 Å². The van der Waals surface area contributed by atoms with Gasteiger partial charge >= 0.3 is 5.97 Å². The molecule has 0 aliphatic carbocycles. The Hall–Kier alpha value is -1.40. The molecule has 0 aromatic rings. The second-order valence-electron chi connectivity index (χ2n) is 23.2. The van der Waals surface area contributed by atoms with Gasteiger partial charge in [0, 0.05) is 12.8 Å². The summed E-state index contributed by atoms with van der Waals surface area (Å²) < 4.78 is 5.48. The zero-order valence-corrected chi connectivity index (χ0v) is 49.6. The Morgan fingerprint density at radius 3 is 0.973 bits per heavy atom. The van der Waals surface area contributed by atoms with Gasteiger partial charge in [0.25, 0.3) is 0 Å². The van der Waals surface area contributed by atoms with Gasteiger partial charge in [-0.05, 0) is 51.4 Å². The number of nitrogens with one attached hydrogen (secondary N) is 1. The van der Waals surface area contributed by atoms with Gasteiger partial charge < -0.3 is 20.3 Å². The van der Waals surface area contributed by atoms with Crippen molar-refractivity contribution in [3.63, 3.8) is 0 Å². The third-order valence-corrected chi connectivity index (χ3v) is 15.8. The molecule has 0 aliphatic heterocycles. The highest BCUT2D eigenvalue weighted by molar-refractivity contribution is 5.76. The number of hydrogen-bond acceptors (Lipinski definition) is 5. The van der Waals surface area contributed by atoms with E-state index in [2.05, 4.69) is 31.3 Å². The van der Waals surface area contributed by atoms with Crippen LogP contribution in [0.4, 0.5) is 0 Å². The summed E-state index contributed by atoms with van der Waals surface area (Å²) >= 11 is 0. The summed E-state index contributed by atoms with van der Waals surface area (Å²) in [5.74, 6) is -0.0106. The summed E-state index contributed by atoms with van der Waals surface area (Å²) in [5.41, 5.74) is 0. The topological polar surface area (TPSA) is 95.9 Å². The SMILES string of the molecule is CCCCCCCCCCCCCCC(=O)OCCCCCCCCCCCCCCCC/C=C\CCCCCCCCCCCCCCCCCCCC(=O)NC(CO)C(O)CCCCCCCCCCC. The Balaban J connectivity index is 3.30. The van der Waals surface area contributed by atoms with Crippen LogP contribution in [0.5, 0.6) is 0 Å². The highest BCUT2D eigenvalue weighted by Gasteiger charge is 2.20. The largest absolute Gasteiger partial charge is 0.466 e. The molecule has 434 valence electrons. The molecule has 0 heterocycles. The lowest BCUT2D eigenvalue weighted by molar-refractivity contribution is -0.143. The highest BCUT2D eigenvalue weighted by Crippen LogP contribution is 2.19. The number of carbonyl (C=O) groups excluding carboxylic acids is 2. The quantitative estimate of drug-likeness (QED) is 0.0320. The summed E-state index contributed by atoms with van der Waals surface area (Å²) in [6.45, 7) is 4.96. The van der Waals surface area contributed by atoms with E-state index >= 15 is 0 Å². The highest BCUT2D eigenvalue weighted by atomic mass is 16.5. The van der Waals surface area contributed by atoms with Gasteiger partial charge in [-0.3, -0.25) is 9.59 Å². The van der Waals surface area contributed by atoms with E-state index < -0.39 is 12.1 Å². The molecule has 2 unspecified atom stereocenters. The monoisotopic (exact) mass is 1030 g/mol. The van der Waals surface area contributed by atoms with Crippen molar-refractivity contribution < 1.29 is 24.5 Å². The van der Waals surface area contributed by atoms with Crippen molar-refractivity contribution in [2.75, 3.05) is 13.2 Å². The summed E-state index contributed by atoms with van der Waals surface area (Å²) in [4.78, 5) is 24.4. The molecule has 2 atom stereocenters. The van der Waals surface area contributed by atoms with Crippen molar-refractivity contribution in [3.8, 4) is 0 Å². The first-order valence-corrected chi connectivity index (χ1v) is 33.4. The van der Waals surface area contributed by atoms with Crippen LogP contribution >= 0.6 is 0 Å². The zero-order chi connectivity index (χ0) is 52.9. The number of aliphatic hydroxyl groups is 2. The van der Waals surface area contributed by atoms with Crippen LogP contribution in [-0.4, -0.2) is 47.4 Å². The third-order valence-electron chi connectivity index (χ3n) is 15.8. The van der Waals surface area contributed by atoms with Crippen LogP contribution in [0.25, 0.3) is 0 Å². The molecule has 0 spiro atoms. The Kier molecular flexibility index (Phi) is 61.9. The maximum absolute atomic E-state index is 12.4. The van der Waals surface area contributed by atoms with E-state index in [4.69, 9.17) is 4.74 Å². The average Bonchev–Trinajstić information content (AvgIpc) is 3.39. The minimum Gasteiger partial charge on any atom is -0.466 e. The molecule has 0 saturated carbocycles. The van der Waals surface area contributed by atoms with Gasteiger partial charge in [0.1, 0.15) is 0 Å². The first-order chi connectivity index (χ1) is 36.0. The molecule has 0 fully saturated rings. The second-order valence-corrected chi connectivity index (χ2v) is 23.2. The van der Waals surface area contributed by atoms with Gasteiger partial charge in [-0.25, -0.2) is 0 Å². The zero-order valence-electron chi connectivity index (χ0n) is 49.6. The molecule has 6 nitrogen and oxygen atoms in total. The lowest BCUT2D eigenvalue weighted by atomic mass is 10.0. The minimum atomic E-state index is -0.658. The van der Waals surface area contributed by atoms with E-state index in [1.54, 1.807) is 0 Å². The smallest absolute Gasteiger partial charge is 0.305 e. The number of amides is 1. The molecule has 73 heavy (non-hydrogen) atoms. The molecule has 0 aromatic heterocycles. The van der Waals surface area contributed by atoms with Crippen molar-refractivity contribution in [3.05, 3.63) is 12.2 Å². The molecular weight excluding hydrogens is 899 g/mol. The van der Waals surface area contributed by atoms with Crippen molar-refractivity contribution in [2.24, 2.45) is 0 Å². The van der Waals surface area contributed by atoms with Crippen LogP contribution in [0.1, 0.15) is 380 Å². The van der Waals surface area contributed by atoms with E-state index in [0.29, 0.717) is 25.9 Å². The fourth-order valence-corrected chi connectivity index (χ4v) is 10.7. The molecule has 0 bridgehead atoms. The third kappa shape index (κ3) is 59.7. The molecule has 6 heteroatoms. The number of carbonyl (C=O) groups is 2. The fraction of sp³-hybridized carbons (Fsp3) is 0.940. The molecule has 0 rings (SSSR count). The summed E-state index contributed by atoms with van der Waals surface area (Å²) in [6.07, 6.45) is 77.0. The standard InChI is InChI=1S/C67H131NO5/c1-3-5-7-9-11-13-14-41-45-49-53-57-61-67(72)73-62-58-54-50-46-42-39-37-35-33-31-29-27-25-23-21-19-17-15-16-18-20-22-24-26-28-30-32-34-36-38-40-44-48-52-56-60-66(71)68-64(63-69)65(70)59-55-51-47-43-12-10-8-6-4-2/h17,19,64-65,69-70H,3-16,18,20-63H2,1-2H3,(H,68,71)/b19-17-. The van der Waals surface area contributed by atoms with Crippen LogP contribution in [0.2, 0.25) is 0 Å². The minimum absolute atomic E-state index is 0.0214. The molecular formula is C67H131NO5. The Morgan fingerprint density at radius 2 is 0.644 bits per heavy atom. The Labute approximate surface area is 457 Å². The van der Waals surface area contributed by atoms with E-state index in [1.807, 2.05) is 0 Å². The molecule has 1 amide bonds. The molecule has 0 radical (unpaired) electrons. The van der Waals surface area contributed by atoms with Crippen LogP contribution in [0, 0.1) is 0 Å². The number of allylic oxidation sites excluding steroid dienone is 2. The Bertz CT molecular complexity index is 1100. The van der Waals surface area contributed by atoms with Crippen LogP contribution in [-0.2, 0) is 14.3 Å². The number of rotatable bonds is 63. The summed E-state index contributed by atoms with van der Waals surface area (Å²) in [5, 5.41) is 23.1. The molecule has 0 aliphatic rings. The molecule has 0 aromatic carbocycles. The predicted octanol–water partition coefficient (Wildman–Crippen LogP) is 21.2. The maximum atomic E-state index is 12.4.